The van der Waals surface area contributed by atoms with E-state index in [1.54, 1.807) is 11.0 Å². The van der Waals surface area contributed by atoms with Crippen LogP contribution < -0.4 is 0 Å². The van der Waals surface area contributed by atoms with E-state index in [2.05, 4.69) is 10.1 Å². The molecule has 1 amide bonds. The van der Waals surface area contributed by atoms with Gasteiger partial charge in [0.15, 0.2) is 5.82 Å². The predicted octanol–water partition coefficient (Wildman–Crippen LogP) is 2.66. The minimum Gasteiger partial charge on any atom is -0.472 e. The number of amides is 1. The highest BCUT2D eigenvalue weighted by atomic mass is 16.5. The highest BCUT2D eigenvalue weighted by Crippen LogP contribution is 2.27. The summed E-state index contributed by atoms with van der Waals surface area (Å²) in [5, 5.41) is 4.00. The van der Waals surface area contributed by atoms with Crippen LogP contribution in [0, 0.1) is 0 Å². The third kappa shape index (κ3) is 3.67. The molecule has 0 bridgehead atoms. The van der Waals surface area contributed by atoms with Gasteiger partial charge in [-0.2, -0.15) is 4.98 Å². The Morgan fingerprint density at radius 1 is 1.23 bits per heavy atom. The van der Waals surface area contributed by atoms with E-state index in [4.69, 9.17) is 13.7 Å². The number of carbonyl (C=O) groups is 1. The van der Waals surface area contributed by atoms with Crippen LogP contribution in [0.5, 0.6) is 0 Å². The summed E-state index contributed by atoms with van der Waals surface area (Å²) in [6.45, 7) is 2.26. The van der Waals surface area contributed by atoms with Crippen LogP contribution in [0.15, 0.2) is 57.9 Å². The van der Waals surface area contributed by atoms with Gasteiger partial charge in [0.1, 0.15) is 6.26 Å². The van der Waals surface area contributed by atoms with Crippen molar-refractivity contribution in [2.24, 2.45) is 0 Å². The maximum absolute atomic E-state index is 12.1. The first-order valence-corrected chi connectivity index (χ1v) is 8.55. The number of likely N-dealkylation sites (tertiary alicyclic amines) is 1. The average Bonchev–Trinajstić information content (AvgIpc) is 3.30. The maximum Gasteiger partial charge on any atom is 0.257 e. The fourth-order valence-corrected chi connectivity index (χ4v) is 2.83. The predicted molar refractivity (Wildman–Crippen MR) is 91.5 cm³/mol. The second-order valence-corrected chi connectivity index (χ2v) is 6.26. The normalized spacial score (nSPS) is 14.4. The molecule has 0 saturated carbocycles. The average molecular weight is 353 g/mol. The van der Waals surface area contributed by atoms with Gasteiger partial charge in [0.2, 0.25) is 5.89 Å². The van der Waals surface area contributed by atoms with E-state index in [0.29, 0.717) is 50.0 Å². The molecule has 0 aliphatic carbocycles. The summed E-state index contributed by atoms with van der Waals surface area (Å²) in [6, 6.07) is 11.7. The first-order valence-electron chi connectivity index (χ1n) is 8.55. The molecule has 7 nitrogen and oxygen atoms in total. The van der Waals surface area contributed by atoms with Gasteiger partial charge in [0, 0.05) is 19.5 Å². The van der Waals surface area contributed by atoms with E-state index in [1.165, 1.54) is 12.5 Å². The van der Waals surface area contributed by atoms with Crippen LogP contribution in [0.3, 0.4) is 0 Å². The molecule has 0 atom stereocenters. The number of hydrogen-bond acceptors (Lipinski definition) is 6. The fraction of sp³-hybridized carbons (Fsp3) is 0.316. The number of carbonyl (C=O) groups excluding carboxylic acids is 1. The molecule has 1 fully saturated rings. The lowest BCUT2D eigenvalue weighted by molar-refractivity contribution is 0.0568. The van der Waals surface area contributed by atoms with Crippen molar-refractivity contribution in [1.82, 2.24) is 15.0 Å². The molecule has 26 heavy (non-hydrogen) atoms. The largest absolute Gasteiger partial charge is 0.472 e. The van der Waals surface area contributed by atoms with Crippen molar-refractivity contribution in [3.05, 3.63) is 71.8 Å². The van der Waals surface area contributed by atoms with Crippen molar-refractivity contribution in [2.75, 3.05) is 19.7 Å². The molecule has 7 heteroatoms. The van der Waals surface area contributed by atoms with Gasteiger partial charge in [-0.25, -0.2) is 0 Å². The number of ether oxygens (including phenoxy) is 1. The van der Waals surface area contributed by atoms with E-state index >= 15 is 0 Å². The first kappa shape index (κ1) is 16.5. The van der Waals surface area contributed by atoms with Gasteiger partial charge < -0.3 is 18.6 Å². The van der Waals surface area contributed by atoms with Gasteiger partial charge >= 0.3 is 0 Å². The van der Waals surface area contributed by atoms with Gasteiger partial charge in [-0.05, 0) is 11.6 Å². The Hall–Kier alpha value is -2.93. The zero-order valence-electron chi connectivity index (χ0n) is 14.2. The minimum atomic E-state index is -0.0379. The summed E-state index contributed by atoms with van der Waals surface area (Å²) in [5.74, 6) is 1.27. The number of aromatic nitrogens is 2. The fourth-order valence-electron chi connectivity index (χ4n) is 2.83. The summed E-state index contributed by atoms with van der Waals surface area (Å²) in [7, 11) is 0. The smallest absolute Gasteiger partial charge is 0.257 e. The lowest BCUT2D eigenvalue weighted by Crippen LogP contribution is -2.48. The Labute approximate surface area is 150 Å². The van der Waals surface area contributed by atoms with Crippen molar-refractivity contribution in [1.29, 1.82) is 0 Å². The Kier molecular flexibility index (Phi) is 4.79. The van der Waals surface area contributed by atoms with E-state index in [0.717, 1.165) is 5.56 Å². The summed E-state index contributed by atoms with van der Waals surface area (Å²) in [4.78, 5) is 18.3. The molecule has 1 aliphatic heterocycles. The minimum absolute atomic E-state index is 0.0379. The van der Waals surface area contributed by atoms with Crippen LogP contribution in [-0.2, 0) is 17.8 Å². The van der Waals surface area contributed by atoms with E-state index in [9.17, 15) is 4.79 Å². The quantitative estimate of drug-likeness (QED) is 0.608. The summed E-state index contributed by atoms with van der Waals surface area (Å²) >= 11 is 0. The molecule has 1 saturated heterocycles. The number of benzene rings is 1. The molecule has 0 N–H and O–H groups in total. The Morgan fingerprint density at radius 3 is 2.85 bits per heavy atom. The third-order valence-electron chi connectivity index (χ3n) is 4.35. The monoisotopic (exact) mass is 353 g/mol. The van der Waals surface area contributed by atoms with Gasteiger partial charge in [-0.1, -0.05) is 35.5 Å². The van der Waals surface area contributed by atoms with Crippen molar-refractivity contribution in [2.45, 2.75) is 18.9 Å². The zero-order valence-corrected chi connectivity index (χ0v) is 14.2. The molecule has 1 aliphatic rings. The molecule has 4 rings (SSSR count). The van der Waals surface area contributed by atoms with Crippen molar-refractivity contribution in [3.8, 4) is 0 Å². The van der Waals surface area contributed by atoms with Crippen LogP contribution in [0.2, 0.25) is 0 Å². The lowest BCUT2D eigenvalue weighted by atomic mass is 9.99. The standard InChI is InChI=1S/C19H19N3O4/c23-19(15-6-8-25-13-15)22-10-16(11-22)18-20-17(21-26-18)7-9-24-12-14-4-2-1-3-5-14/h1-6,8,13,16H,7,9-12H2. The number of furan rings is 1. The highest BCUT2D eigenvalue weighted by molar-refractivity contribution is 5.94. The molecule has 0 radical (unpaired) electrons. The summed E-state index contributed by atoms with van der Waals surface area (Å²) in [6.07, 6.45) is 3.55. The van der Waals surface area contributed by atoms with Gasteiger partial charge in [-0.3, -0.25) is 4.79 Å². The molecule has 0 unspecified atom stereocenters. The molecule has 3 heterocycles. The number of nitrogens with zero attached hydrogens (tertiary/aromatic N) is 3. The Balaban J connectivity index is 1.21. The van der Waals surface area contributed by atoms with E-state index in [1.807, 2.05) is 30.3 Å². The Morgan fingerprint density at radius 2 is 2.08 bits per heavy atom. The lowest BCUT2D eigenvalue weighted by Gasteiger charge is -2.36. The summed E-state index contributed by atoms with van der Waals surface area (Å²) in [5.41, 5.74) is 1.70. The molecule has 0 spiro atoms. The molecular formula is C19H19N3O4. The van der Waals surface area contributed by atoms with Crippen LogP contribution in [-0.4, -0.2) is 40.6 Å². The topological polar surface area (TPSA) is 81.6 Å². The van der Waals surface area contributed by atoms with Crippen LogP contribution in [0.25, 0.3) is 0 Å². The molecule has 3 aromatic rings. The van der Waals surface area contributed by atoms with Crippen molar-refractivity contribution in [3.63, 3.8) is 0 Å². The second kappa shape index (κ2) is 7.53. The number of hydrogen-bond donors (Lipinski definition) is 0. The first-order chi connectivity index (χ1) is 12.8. The van der Waals surface area contributed by atoms with Crippen LogP contribution in [0.1, 0.15) is 33.6 Å². The Bertz CT molecular complexity index is 839. The molecule has 2 aromatic heterocycles. The molecule has 134 valence electrons. The highest BCUT2D eigenvalue weighted by Gasteiger charge is 2.36. The van der Waals surface area contributed by atoms with Gasteiger partial charge in [0.05, 0.1) is 31.0 Å². The zero-order chi connectivity index (χ0) is 17.8. The van der Waals surface area contributed by atoms with Crippen molar-refractivity contribution < 1.29 is 18.5 Å². The SMILES string of the molecule is O=C(c1ccoc1)N1CC(c2nc(CCOCc3ccccc3)no2)C1. The van der Waals surface area contributed by atoms with Crippen LogP contribution >= 0.6 is 0 Å². The third-order valence-corrected chi connectivity index (χ3v) is 4.35. The summed E-state index contributed by atoms with van der Waals surface area (Å²) < 4.78 is 15.9. The van der Waals surface area contributed by atoms with Crippen molar-refractivity contribution >= 4 is 5.91 Å². The molecule has 1 aromatic carbocycles. The van der Waals surface area contributed by atoms with Crippen LogP contribution in [0.4, 0.5) is 0 Å². The van der Waals surface area contributed by atoms with E-state index in [-0.39, 0.29) is 11.8 Å². The maximum atomic E-state index is 12.1. The number of rotatable bonds is 7. The molecular weight excluding hydrogens is 334 g/mol. The van der Waals surface area contributed by atoms with E-state index < -0.39 is 0 Å². The van der Waals surface area contributed by atoms with Gasteiger partial charge in [-0.15, -0.1) is 0 Å². The van der Waals surface area contributed by atoms with Gasteiger partial charge in [0.25, 0.3) is 5.91 Å². The second-order valence-electron chi connectivity index (χ2n) is 6.26.